The van der Waals surface area contributed by atoms with Gasteiger partial charge in [0.1, 0.15) is 5.69 Å². The zero-order valence-corrected chi connectivity index (χ0v) is 12.6. The predicted molar refractivity (Wildman–Crippen MR) is 81.1 cm³/mol. The lowest BCUT2D eigenvalue weighted by atomic mass is 9.88. The summed E-state index contributed by atoms with van der Waals surface area (Å²) in [6.45, 7) is 6.36. The summed E-state index contributed by atoms with van der Waals surface area (Å²) in [5, 5.41) is 7.08. The Morgan fingerprint density at radius 3 is 2.76 bits per heavy atom. The first-order chi connectivity index (χ1) is 9.96. The molecule has 0 aliphatic heterocycles. The summed E-state index contributed by atoms with van der Waals surface area (Å²) in [4.78, 5) is 16.7. The first kappa shape index (κ1) is 15.2. The van der Waals surface area contributed by atoms with Crippen molar-refractivity contribution < 1.29 is 4.79 Å². The third-order valence-corrected chi connectivity index (χ3v) is 3.80. The summed E-state index contributed by atoms with van der Waals surface area (Å²) in [5.74, 6) is 0.595. The van der Waals surface area contributed by atoms with Crippen molar-refractivity contribution in [2.24, 2.45) is 11.7 Å². The third-order valence-electron chi connectivity index (χ3n) is 3.80. The molecular formula is C15H21N5O. The molecule has 0 saturated heterocycles. The van der Waals surface area contributed by atoms with Crippen LogP contribution in [0.3, 0.4) is 0 Å². The Morgan fingerprint density at radius 1 is 1.43 bits per heavy atom. The van der Waals surface area contributed by atoms with Crippen molar-refractivity contribution >= 4 is 5.91 Å². The van der Waals surface area contributed by atoms with Crippen molar-refractivity contribution in [3.63, 3.8) is 0 Å². The van der Waals surface area contributed by atoms with Gasteiger partial charge in [-0.2, -0.15) is 5.10 Å². The molecule has 1 atom stereocenters. The molecule has 2 aromatic heterocycles. The standard InChI is InChI=1S/C15H21N5O/c1-11(2)15(3,10-16)19-14(21)12-6-4-7-13(18-12)20-9-5-8-17-20/h4-9,11H,10,16H2,1-3H3,(H,19,21). The fourth-order valence-electron chi connectivity index (χ4n) is 1.84. The van der Waals surface area contributed by atoms with Crippen LogP contribution in [0.2, 0.25) is 0 Å². The number of hydrogen-bond acceptors (Lipinski definition) is 4. The van der Waals surface area contributed by atoms with Crippen molar-refractivity contribution in [3.8, 4) is 5.82 Å². The van der Waals surface area contributed by atoms with Crippen LogP contribution in [0.25, 0.3) is 5.82 Å². The van der Waals surface area contributed by atoms with E-state index in [1.807, 2.05) is 20.8 Å². The van der Waals surface area contributed by atoms with E-state index in [1.54, 1.807) is 41.3 Å². The van der Waals surface area contributed by atoms with Crippen molar-refractivity contribution in [2.75, 3.05) is 6.54 Å². The number of carbonyl (C=O) groups is 1. The predicted octanol–water partition coefficient (Wildman–Crippen LogP) is 1.37. The Morgan fingerprint density at radius 2 is 2.19 bits per heavy atom. The van der Waals surface area contributed by atoms with Gasteiger partial charge in [0, 0.05) is 18.9 Å². The molecule has 21 heavy (non-hydrogen) atoms. The highest BCUT2D eigenvalue weighted by atomic mass is 16.2. The summed E-state index contributed by atoms with van der Waals surface area (Å²) in [6, 6.07) is 7.07. The number of nitrogens with two attached hydrogens (primary N) is 1. The molecule has 0 saturated carbocycles. The van der Waals surface area contributed by atoms with Gasteiger partial charge in [0.05, 0.1) is 5.54 Å². The Kier molecular flexibility index (Phi) is 4.37. The molecule has 0 fully saturated rings. The Hall–Kier alpha value is -2.21. The maximum Gasteiger partial charge on any atom is 0.270 e. The molecule has 2 heterocycles. The fraction of sp³-hybridized carbons (Fsp3) is 0.400. The number of nitrogens with zero attached hydrogens (tertiary/aromatic N) is 3. The summed E-state index contributed by atoms with van der Waals surface area (Å²) in [6.07, 6.45) is 3.45. The summed E-state index contributed by atoms with van der Waals surface area (Å²) in [5.41, 5.74) is 5.68. The van der Waals surface area contributed by atoms with E-state index in [9.17, 15) is 4.79 Å². The molecule has 0 aliphatic rings. The lowest BCUT2D eigenvalue weighted by molar-refractivity contribution is 0.0878. The van der Waals surface area contributed by atoms with E-state index in [4.69, 9.17) is 5.73 Å². The van der Waals surface area contributed by atoms with Crippen LogP contribution in [0.1, 0.15) is 31.3 Å². The molecule has 1 unspecified atom stereocenters. The molecule has 0 radical (unpaired) electrons. The van der Waals surface area contributed by atoms with Gasteiger partial charge >= 0.3 is 0 Å². The van der Waals surface area contributed by atoms with E-state index in [0.717, 1.165) is 0 Å². The van der Waals surface area contributed by atoms with Gasteiger partial charge < -0.3 is 11.1 Å². The minimum Gasteiger partial charge on any atom is -0.344 e. The number of pyridine rings is 1. The second-order valence-corrected chi connectivity index (χ2v) is 5.56. The molecule has 0 aliphatic carbocycles. The second-order valence-electron chi connectivity index (χ2n) is 5.56. The maximum atomic E-state index is 12.4. The highest BCUT2D eigenvalue weighted by molar-refractivity contribution is 5.93. The van der Waals surface area contributed by atoms with Gasteiger partial charge in [0.2, 0.25) is 0 Å². The highest BCUT2D eigenvalue weighted by Crippen LogP contribution is 2.15. The van der Waals surface area contributed by atoms with E-state index < -0.39 is 5.54 Å². The topological polar surface area (TPSA) is 85.8 Å². The van der Waals surface area contributed by atoms with Gasteiger partial charge in [0.25, 0.3) is 5.91 Å². The van der Waals surface area contributed by atoms with Gasteiger partial charge in [0.15, 0.2) is 5.82 Å². The van der Waals surface area contributed by atoms with Gasteiger partial charge in [-0.3, -0.25) is 4.79 Å². The Labute approximate surface area is 124 Å². The molecule has 0 aromatic carbocycles. The van der Waals surface area contributed by atoms with Gasteiger partial charge in [-0.25, -0.2) is 9.67 Å². The number of rotatable bonds is 5. The number of aromatic nitrogens is 3. The van der Waals surface area contributed by atoms with E-state index in [1.165, 1.54) is 0 Å². The maximum absolute atomic E-state index is 12.4. The van der Waals surface area contributed by atoms with Crippen LogP contribution in [0.5, 0.6) is 0 Å². The molecule has 6 nitrogen and oxygen atoms in total. The molecule has 2 aromatic rings. The van der Waals surface area contributed by atoms with Crippen molar-refractivity contribution in [2.45, 2.75) is 26.3 Å². The number of nitrogens with one attached hydrogen (secondary N) is 1. The quantitative estimate of drug-likeness (QED) is 0.869. The van der Waals surface area contributed by atoms with Crippen molar-refractivity contribution in [1.29, 1.82) is 0 Å². The van der Waals surface area contributed by atoms with Gasteiger partial charge in [-0.05, 0) is 31.0 Å². The number of amides is 1. The monoisotopic (exact) mass is 287 g/mol. The molecule has 1 amide bonds. The summed E-state index contributed by atoms with van der Waals surface area (Å²) in [7, 11) is 0. The van der Waals surface area contributed by atoms with Gasteiger partial charge in [-0.1, -0.05) is 19.9 Å². The van der Waals surface area contributed by atoms with Crippen molar-refractivity contribution in [1.82, 2.24) is 20.1 Å². The van der Waals surface area contributed by atoms with Crippen molar-refractivity contribution in [3.05, 3.63) is 42.4 Å². The van der Waals surface area contributed by atoms with Crippen LogP contribution < -0.4 is 11.1 Å². The normalized spacial score (nSPS) is 14.0. The zero-order valence-electron chi connectivity index (χ0n) is 12.6. The number of hydrogen-bond donors (Lipinski definition) is 2. The van der Waals surface area contributed by atoms with Crippen LogP contribution in [-0.2, 0) is 0 Å². The lowest BCUT2D eigenvalue weighted by Crippen LogP contribution is -2.55. The first-order valence-corrected chi connectivity index (χ1v) is 6.96. The van der Waals surface area contributed by atoms with E-state index in [-0.39, 0.29) is 11.8 Å². The van der Waals surface area contributed by atoms with Crippen LogP contribution in [0.15, 0.2) is 36.7 Å². The SMILES string of the molecule is CC(C)C(C)(CN)NC(=O)c1cccc(-n2cccn2)n1. The number of carbonyl (C=O) groups excluding carboxylic acids is 1. The molecule has 6 heteroatoms. The largest absolute Gasteiger partial charge is 0.344 e. The van der Waals surface area contributed by atoms with E-state index >= 15 is 0 Å². The lowest BCUT2D eigenvalue weighted by Gasteiger charge is -2.33. The smallest absolute Gasteiger partial charge is 0.270 e. The average Bonchev–Trinajstić information content (AvgIpc) is 3.01. The molecule has 0 spiro atoms. The minimum atomic E-state index is -0.458. The summed E-state index contributed by atoms with van der Waals surface area (Å²) >= 11 is 0. The fourth-order valence-corrected chi connectivity index (χ4v) is 1.84. The molecule has 0 bridgehead atoms. The molecule has 3 N–H and O–H groups in total. The average molecular weight is 287 g/mol. The van der Waals surface area contributed by atoms with E-state index in [2.05, 4.69) is 15.4 Å². The Bertz CT molecular complexity index is 608. The molecule has 2 rings (SSSR count). The van der Waals surface area contributed by atoms with Crippen LogP contribution in [-0.4, -0.2) is 32.8 Å². The third kappa shape index (κ3) is 3.28. The molecular weight excluding hydrogens is 266 g/mol. The summed E-state index contributed by atoms with van der Waals surface area (Å²) < 4.78 is 1.61. The zero-order chi connectivity index (χ0) is 15.5. The van der Waals surface area contributed by atoms with E-state index in [0.29, 0.717) is 18.1 Å². The first-order valence-electron chi connectivity index (χ1n) is 6.96. The second kappa shape index (κ2) is 6.05. The van der Waals surface area contributed by atoms with Gasteiger partial charge in [-0.15, -0.1) is 0 Å². The highest BCUT2D eigenvalue weighted by Gasteiger charge is 2.29. The molecule has 112 valence electrons. The van der Waals surface area contributed by atoms with Crippen LogP contribution in [0.4, 0.5) is 0 Å². The minimum absolute atomic E-state index is 0.223. The van der Waals surface area contributed by atoms with Crippen LogP contribution in [0, 0.1) is 5.92 Å². The van der Waals surface area contributed by atoms with Crippen LogP contribution >= 0.6 is 0 Å². The Balaban J connectivity index is 2.22.